The summed E-state index contributed by atoms with van der Waals surface area (Å²) < 4.78 is 0. The van der Waals surface area contributed by atoms with E-state index in [1.54, 1.807) is 6.20 Å². The zero-order valence-electron chi connectivity index (χ0n) is 15.7. The van der Waals surface area contributed by atoms with Gasteiger partial charge in [-0.1, -0.05) is 13.0 Å². The fraction of sp³-hybridized carbons (Fsp3) is 0.579. The lowest BCUT2D eigenvalue weighted by atomic mass is 9.97. The Morgan fingerprint density at radius 1 is 1.38 bits per heavy atom. The van der Waals surface area contributed by atoms with Gasteiger partial charge < -0.3 is 10.6 Å². The van der Waals surface area contributed by atoms with Crippen molar-refractivity contribution in [1.82, 2.24) is 25.7 Å². The van der Waals surface area contributed by atoms with Gasteiger partial charge in [0, 0.05) is 24.2 Å². The zero-order chi connectivity index (χ0) is 18.2. The third kappa shape index (κ3) is 5.32. The van der Waals surface area contributed by atoms with Crippen LogP contribution in [-0.2, 0) is 6.54 Å². The van der Waals surface area contributed by atoms with Gasteiger partial charge in [0.25, 0.3) is 0 Å². The Labute approximate surface area is 160 Å². The smallest absolute Gasteiger partial charge is 0.191 e. The number of thiophene rings is 1. The normalized spacial score (nSPS) is 18.0. The summed E-state index contributed by atoms with van der Waals surface area (Å²) in [7, 11) is 0. The highest BCUT2D eigenvalue weighted by atomic mass is 32.1. The van der Waals surface area contributed by atoms with Crippen molar-refractivity contribution in [1.29, 1.82) is 0 Å². The molecule has 1 fully saturated rings. The number of aromatic nitrogens is 2. The number of rotatable bonds is 7. The van der Waals surface area contributed by atoms with Crippen molar-refractivity contribution in [3.63, 3.8) is 0 Å². The number of nitrogens with one attached hydrogen (secondary N) is 3. The molecule has 2 aromatic heterocycles. The third-order valence-corrected chi connectivity index (χ3v) is 5.88. The van der Waals surface area contributed by atoms with Crippen LogP contribution in [0.4, 0.5) is 0 Å². The second-order valence-electron chi connectivity index (χ2n) is 6.91. The Morgan fingerprint density at radius 3 is 2.88 bits per heavy atom. The molecule has 0 amide bonds. The van der Waals surface area contributed by atoms with E-state index in [0.29, 0.717) is 12.6 Å². The summed E-state index contributed by atoms with van der Waals surface area (Å²) in [5, 5.41) is 16.0. The van der Waals surface area contributed by atoms with Gasteiger partial charge in [-0.25, -0.2) is 4.99 Å². The summed E-state index contributed by atoms with van der Waals surface area (Å²) in [6.07, 6.45) is 4.33. The summed E-state index contributed by atoms with van der Waals surface area (Å²) in [4.78, 5) is 8.72. The molecule has 1 saturated heterocycles. The monoisotopic (exact) mass is 374 g/mol. The van der Waals surface area contributed by atoms with E-state index in [1.807, 2.05) is 17.4 Å². The first-order valence-corrected chi connectivity index (χ1v) is 10.4. The lowest BCUT2D eigenvalue weighted by Crippen LogP contribution is -2.45. The Hall–Kier alpha value is -1.86. The van der Waals surface area contributed by atoms with Crippen molar-refractivity contribution in [2.24, 2.45) is 10.9 Å². The van der Waals surface area contributed by atoms with E-state index in [2.05, 4.69) is 62.1 Å². The first-order valence-electron chi connectivity index (χ1n) is 9.54. The lowest BCUT2D eigenvalue weighted by molar-refractivity contribution is 0.140. The van der Waals surface area contributed by atoms with Gasteiger partial charge in [-0.15, -0.1) is 11.3 Å². The van der Waals surface area contributed by atoms with Crippen LogP contribution in [0.25, 0.3) is 0 Å². The molecule has 0 saturated carbocycles. The van der Waals surface area contributed by atoms with E-state index in [4.69, 9.17) is 0 Å². The van der Waals surface area contributed by atoms with Gasteiger partial charge in [-0.2, -0.15) is 5.10 Å². The Bertz CT molecular complexity index is 644. The van der Waals surface area contributed by atoms with E-state index in [0.717, 1.165) is 30.7 Å². The maximum absolute atomic E-state index is 4.67. The van der Waals surface area contributed by atoms with Gasteiger partial charge in [0.05, 0.1) is 18.3 Å². The number of H-pyrrole nitrogens is 1. The summed E-state index contributed by atoms with van der Waals surface area (Å²) in [5.41, 5.74) is 1.02. The topological polar surface area (TPSA) is 68.3 Å². The van der Waals surface area contributed by atoms with Gasteiger partial charge in [-0.05, 0) is 56.3 Å². The molecular formula is C19H30N6S. The number of likely N-dealkylation sites (tertiary alicyclic amines) is 1. The number of hydrogen-bond donors (Lipinski definition) is 3. The number of hydrogen-bond acceptors (Lipinski definition) is 4. The zero-order valence-corrected chi connectivity index (χ0v) is 16.6. The molecular weight excluding hydrogens is 344 g/mol. The van der Waals surface area contributed by atoms with E-state index >= 15 is 0 Å². The van der Waals surface area contributed by atoms with Crippen LogP contribution in [0.15, 0.2) is 34.8 Å². The minimum atomic E-state index is 0.401. The van der Waals surface area contributed by atoms with Crippen molar-refractivity contribution in [2.45, 2.75) is 39.3 Å². The quantitative estimate of drug-likeness (QED) is 0.515. The van der Waals surface area contributed by atoms with Crippen molar-refractivity contribution >= 4 is 17.3 Å². The largest absolute Gasteiger partial charge is 0.357 e. The van der Waals surface area contributed by atoms with Crippen LogP contribution in [0.2, 0.25) is 0 Å². The van der Waals surface area contributed by atoms with Crippen LogP contribution in [-0.4, -0.2) is 47.2 Å². The molecule has 1 atom stereocenters. The Balaban J connectivity index is 1.64. The van der Waals surface area contributed by atoms with Crippen LogP contribution in [0.3, 0.4) is 0 Å². The van der Waals surface area contributed by atoms with E-state index in [-0.39, 0.29) is 0 Å². The Morgan fingerprint density at radius 2 is 2.23 bits per heavy atom. The number of aliphatic imine (C=N–C) groups is 1. The molecule has 0 radical (unpaired) electrons. The molecule has 3 N–H and O–H groups in total. The van der Waals surface area contributed by atoms with Crippen molar-refractivity contribution in [3.8, 4) is 0 Å². The number of nitrogens with zero attached hydrogens (tertiary/aromatic N) is 3. The van der Waals surface area contributed by atoms with Gasteiger partial charge in [0.15, 0.2) is 5.96 Å². The number of guanidine groups is 1. The predicted molar refractivity (Wildman–Crippen MR) is 108 cm³/mol. The van der Waals surface area contributed by atoms with Crippen LogP contribution < -0.4 is 10.6 Å². The molecule has 0 aliphatic carbocycles. The molecule has 1 unspecified atom stereocenters. The molecule has 142 valence electrons. The molecule has 0 spiro atoms. The number of aromatic amines is 1. The molecule has 26 heavy (non-hydrogen) atoms. The predicted octanol–water partition coefficient (Wildman–Crippen LogP) is 3.00. The van der Waals surface area contributed by atoms with Crippen molar-refractivity contribution in [2.75, 3.05) is 26.2 Å². The molecule has 3 heterocycles. The van der Waals surface area contributed by atoms with E-state index in [9.17, 15) is 0 Å². The summed E-state index contributed by atoms with van der Waals surface area (Å²) in [5.74, 6) is 1.70. The second kappa shape index (κ2) is 9.73. The average molecular weight is 375 g/mol. The molecule has 1 aliphatic heterocycles. The van der Waals surface area contributed by atoms with Gasteiger partial charge in [0.2, 0.25) is 0 Å². The molecule has 0 aromatic carbocycles. The average Bonchev–Trinajstić information content (AvgIpc) is 3.35. The van der Waals surface area contributed by atoms with Crippen LogP contribution in [0, 0.1) is 5.92 Å². The summed E-state index contributed by atoms with van der Waals surface area (Å²) in [6, 6.07) is 6.76. The maximum Gasteiger partial charge on any atom is 0.191 e. The molecule has 7 heteroatoms. The SMILES string of the molecule is CCNC(=NCc1ccn[nH]1)NCC(c1cccs1)N1CCC(C)CC1. The highest BCUT2D eigenvalue weighted by Crippen LogP contribution is 2.29. The third-order valence-electron chi connectivity index (χ3n) is 4.90. The molecule has 1 aliphatic rings. The summed E-state index contributed by atoms with van der Waals surface area (Å²) in [6.45, 7) is 9.11. The first-order chi connectivity index (χ1) is 12.8. The number of piperidine rings is 1. The second-order valence-corrected chi connectivity index (χ2v) is 7.89. The summed E-state index contributed by atoms with van der Waals surface area (Å²) >= 11 is 1.85. The molecule has 0 bridgehead atoms. The highest BCUT2D eigenvalue weighted by molar-refractivity contribution is 7.10. The van der Waals surface area contributed by atoms with E-state index < -0.39 is 0 Å². The fourth-order valence-corrected chi connectivity index (χ4v) is 4.16. The lowest BCUT2D eigenvalue weighted by Gasteiger charge is -2.36. The van der Waals surface area contributed by atoms with Gasteiger partial charge in [0.1, 0.15) is 0 Å². The van der Waals surface area contributed by atoms with Gasteiger partial charge >= 0.3 is 0 Å². The maximum atomic E-state index is 4.67. The van der Waals surface area contributed by atoms with Gasteiger partial charge in [-0.3, -0.25) is 10.00 Å². The molecule has 3 rings (SSSR count). The van der Waals surface area contributed by atoms with Crippen molar-refractivity contribution < 1.29 is 0 Å². The highest BCUT2D eigenvalue weighted by Gasteiger charge is 2.25. The fourth-order valence-electron chi connectivity index (χ4n) is 3.30. The first kappa shape index (κ1) is 18.9. The minimum absolute atomic E-state index is 0.401. The van der Waals surface area contributed by atoms with E-state index in [1.165, 1.54) is 30.8 Å². The standard InChI is InChI=1S/C19H30N6S/c1-3-20-19(21-13-16-6-9-23-24-16)22-14-17(18-5-4-12-26-18)25-10-7-15(2)8-11-25/h4-6,9,12,15,17H,3,7-8,10-11,13-14H2,1-2H3,(H,23,24)(H2,20,21,22). The van der Waals surface area contributed by atoms with Crippen LogP contribution >= 0.6 is 11.3 Å². The molecule has 6 nitrogen and oxygen atoms in total. The van der Waals surface area contributed by atoms with Crippen molar-refractivity contribution in [3.05, 3.63) is 40.3 Å². The molecule has 2 aromatic rings. The Kier molecular flexibility index (Phi) is 7.08. The van der Waals surface area contributed by atoms with Crippen LogP contribution in [0.5, 0.6) is 0 Å². The van der Waals surface area contributed by atoms with Crippen LogP contribution in [0.1, 0.15) is 43.3 Å². The minimum Gasteiger partial charge on any atom is -0.357 e.